The van der Waals surface area contributed by atoms with Gasteiger partial charge in [-0.05, 0) is 71.8 Å². The molecule has 0 radical (unpaired) electrons. The van der Waals surface area contributed by atoms with E-state index in [1.807, 2.05) is 30.3 Å². The molecule has 0 saturated heterocycles. The smallest absolute Gasteiger partial charge is 0.240 e. The number of hydrogen-bond donors (Lipinski definition) is 2. The van der Waals surface area contributed by atoms with Gasteiger partial charge in [0, 0.05) is 18.5 Å². The molecule has 1 aliphatic carbocycles. The van der Waals surface area contributed by atoms with Crippen LogP contribution in [0.5, 0.6) is 0 Å². The third-order valence-corrected chi connectivity index (χ3v) is 8.72. The standard InChI is InChI=1S/C31H34N2O2S/c34-36(35,28-19-17-24-11-5-6-15-27(24)23-28)33-22-10-2-9-21-32-30-20-18-25-12-7-8-16-29(25)31(30)26-13-3-1-4-14-26/h1,3-8,11-17,19,23,30-33H,2,9-10,18,20-22H2. The Morgan fingerprint density at radius 2 is 1.44 bits per heavy atom. The second kappa shape index (κ2) is 11.4. The summed E-state index contributed by atoms with van der Waals surface area (Å²) < 4.78 is 28.2. The molecule has 2 unspecified atom stereocenters. The van der Waals surface area contributed by atoms with E-state index < -0.39 is 10.0 Å². The molecule has 0 saturated carbocycles. The van der Waals surface area contributed by atoms with Crippen molar-refractivity contribution in [3.8, 4) is 0 Å². The van der Waals surface area contributed by atoms with Gasteiger partial charge in [-0.15, -0.1) is 0 Å². The lowest BCUT2D eigenvalue weighted by Gasteiger charge is -2.35. The van der Waals surface area contributed by atoms with E-state index in [1.54, 1.807) is 12.1 Å². The fourth-order valence-electron chi connectivity index (χ4n) is 5.39. The van der Waals surface area contributed by atoms with E-state index in [0.717, 1.165) is 49.4 Å². The monoisotopic (exact) mass is 498 g/mol. The first-order valence-corrected chi connectivity index (χ1v) is 14.4. The molecule has 186 valence electrons. The maximum atomic E-state index is 12.7. The molecule has 4 aromatic rings. The summed E-state index contributed by atoms with van der Waals surface area (Å²) in [4.78, 5) is 0.326. The number of rotatable bonds is 10. The quantitative estimate of drug-likeness (QED) is 0.263. The zero-order valence-corrected chi connectivity index (χ0v) is 21.4. The highest BCUT2D eigenvalue weighted by Crippen LogP contribution is 2.36. The van der Waals surface area contributed by atoms with Gasteiger partial charge in [0.25, 0.3) is 0 Å². The lowest BCUT2D eigenvalue weighted by molar-refractivity contribution is 0.412. The Hall–Kier alpha value is -2.99. The van der Waals surface area contributed by atoms with Crippen LogP contribution >= 0.6 is 0 Å². The van der Waals surface area contributed by atoms with Crippen LogP contribution in [0.3, 0.4) is 0 Å². The highest BCUT2D eigenvalue weighted by atomic mass is 32.2. The van der Waals surface area contributed by atoms with Crippen LogP contribution in [0.1, 0.15) is 48.3 Å². The van der Waals surface area contributed by atoms with Crippen molar-refractivity contribution < 1.29 is 8.42 Å². The second-order valence-electron chi connectivity index (χ2n) is 9.65. The van der Waals surface area contributed by atoms with Crippen molar-refractivity contribution in [3.05, 3.63) is 114 Å². The van der Waals surface area contributed by atoms with Crippen molar-refractivity contribution in [1.82, 2.24) is 10.0 Å². The molecule has 0 aliphatic heterocycles. The molecule has 5 heteroatoms. The number of fused-ring (bicyclic) bond motifs is 2. The van der Waals surface area contributed by atoms with Crippen molar-refractivity contribution in [2.24, 2.45) is 0 Å². The summed E-state index contributed by atoms with van der Waals surface area (Å²) in [6.07, 6.45) is 5.06. The van der Waals surface area contributed by atoms with E-state index >= 15 is 0 Å². The third-order valence-electron chi connectivity index (χ3n) is 7.26. The minimum atomic E-state index is -3.49. The van der Waals surface area contributed by atoms with Crippen LogP contribution in [0.4, 0.5) is 0 Å². The summed E-state index contributed by atoms with van der Waals surface area (Å²) in [6.45, 7) is 1.40. The molecule has 2 atom stereocenters. The molecule has 0 bridgehead atoms. The zero-order valence-electron chi connectivity index (χ0n) is 20.6. The summed E-state index contributed by atoms with van der Waals surface area (Å²) in [6, 6.07) is 33.2. The van der Waals surface area contributed by atoms with E-state index in [1.165, 1.54) is 16.7 Å². The highest BCUT2D eigenvalue weighted by Gasteiger charge is 2.30. The Bertz CT molecular complexity index is 1400. The normalized spacial score (nSPS) is 17.7. The van der Waals surface area contributed by atoms with Crippen molar-refractivity contribution in [1.29, 1.82) is 0 Å². The molecule has 5 rings (SSSR count). The van der Waals surface area contributed by atoms with E-state index in [9.17, 15) is 8.42 Å². The molecule has 0 heterocycles. The highest BCUT2D eigenvalue weighted by molar-refractivity contribution is 7.89. The van der Waals surface area contributed by atoms with Gasteiger partial charge in [0.05, 0.1) is 4.90 Å². The predicted octanol–water partition coefficient (Wildman–Crippen LogP) is 6.02. The van der Waals surface area contributed by atoms with Crippen molar-refractivity contribution in [3.63, 3.8) is 0 Å². The van der Waals surface area contributed by atoms with Crippen LogP contribution in [0.2, 0.25) is 0 Å². The molecular weight excluding hydrogens is 464 g/mol. The van der Waals surface area contributed by atoms with Crippen LogP contribution in [-0.4, -0.2) is 27.5 Å². The van der Waals surface area contributed by atoms with Gasteiger partial charge in [-0.3, -0.25) is 0 Å². The third kappa shape index (κ3) is 5.70. The molecule has 0 amide bonds. The molecule has 0 aromatic heterocycles. The average Bonchev–Trinajstić information content (AvgIpc) is 2.92. The minimum Gasteiger partial charge on any atom is -0.313 e. The number of unbranched alkanes of at least 4 members (excludes halogenated alkanes) is 2. The zero-order chi connectivity index (χ0) is 24.8. The summed E-state index contributed by atoms with van der Waals surface area (Å²) in [5.41, 5.74) is 4.27. The maximum absolute atomic E-state index is 12.7. The lowest BCUT2D eigenvalue weighted by Crippen LogP contribution is -2.39. The van der Waals surface area contributed by atoms with Gasteiger partial charge >= 0.3 is 0 Å². The molecule has 1 aliphatic rings. The molecule has 4 aromatic carbocycles. The number of hydrogen-bond acceptors (Lipinski definition) is 3. The van der Waals surface area contributed by atoms with Crippen LogP contribution in [0.15, 0.2) is 102 Å². The van der Waals surface area contributed by atoms with Crippen LogP contribution in [0.25, 0.3) is 10.8 Å². The topological polar surface area (TPSA) is 58.2 Å². The van der Waals surface area contributed by atoms with Gasteiger partial charge in [-0.2, -0.15) is 0 Å². The van der Waals surface area contributed by atoms with Crippen molar-refractivity contribution >= 4 is 20.8 Å². The SMILES string of the molecule is O=S(=O)(NCCCCCNC1CCc2ccccc2C1c1ccccc1)c1ccc2ccccc2c1. The van der Waals surface area contributed by atoms with E-state index in [4.69, 9.17) is 0 Å². The Kier molecular flexibility index (Phi) is 7.81. The maximum Gasteiger partial charge on any atom is 0.240 e. The summed E-state index contributed by atoms with van der Waals surface area (Å²) in [5.74, 6) is 0.366. The van der Waals surface area contributed by atoms with Crippen molar-refractivity contribution in [2.45, 2.75) is 49.0 Å². The average molecular weight is 499 g/mol. The van der Waals surface area contributed by atoms with Crippen LogP contribution < -0.4 is 10.0 Å². The Morgan fingerprint density at radius 1 is 0.722 bits per heavy atom. The fourth-order valence-corrected chi connectivity index (χ4v) is 6.50. The minimum absolute atomic E-state index is 0.326. The first-order valence-electron chi connectivity index (χ1n) is 13.0. The molecule has 4 nitrogen and oxygen atoms in total. The largest absolute Gasteiger partial charge is 0.313 e. The van der Waals surface area contributed by atoms with Gasteiger partial charge in [0.1, 0.15) is 0 Å². The van der Waals surface area contributed by atoms with Gasteiger partial charge in [-0.25, -0.2) is 13.1 Å². The molecule has 2 N–H and O–H groups in total. The Morgan fingerprint density at radius 3 is 2.31 bits per heavy atom. The fraction of sp³-hybridized carbons (Fsp3) is 0.290. The number of nitrogens with one attached hydrogen (secondary N) is 2. The summed E-state index contributed by atoms with van der Waals surface area (Å²) >= 11 is 0. The van der Waals surface area contributed by atoms with E-state index in [0.29, 0.717) is 23.4 Å². The molecule has 0 spiro atoms. The molecule has 36 heavy (non-hydrogen) atoms. The number of sulfonamides is 1. The summed E-state index contributed by atoms with van der Waals surface area (Å²) in [7, 11) is -3.49. The van der Waals surface area contributed by atoms with Gasteiger partial charge in [0.15, 0.2) is 0 Å². The Balaban J connectivity index is 1.10. The van der Waals surface area contributed by atoms with Crippen LogP contribution in [0, 0.1) is 0 Å². The predicted molar refractivity (Wildman–Crippen MR) is 148 cm³/mol. The van der Waals surface area contributed by atoms with E-state index in [2.05, 4.69) is 64.6 Å². The second-order valence-corrected chi connectivity index (χ2v) is 11.4. The first-order chi connectivity index (χ1) is 17.6. The van der Waals surface area contributed by atoms with Gasteiger partial charge in [0.2, 0.25) is 10.0 Å². The Labute approximate surface area is 214 Å². The number of benzene rings is 4. The van der Waals surface area contributed by atoms with Gasteiger partial charge < -0.3 is 5.32 Å². The lowest BCUT2D eigenvalue weighted by atomic mass is 9.75. The summed E-state index contributed by atoms with van der Waals surface area (Å²) in [5, 5.41) is 5.80. The molecule has 0 fully saturated rings. The first kappa shape index (κ1) is 24.7. The van der Waals surface area contributed by atoms with Crippen molar-refractivity contribution in [2.75, 3.05) is 13.1 Å². The van der Waals surface area contributed by atoms with E-state index in [-0.39, 0.29) is 0 Å². The van der Waals surface area contributed by atoms with Crippen LogP contribution in [-0.2, 0) is 16.4 Å². The van der Waals surface area contributed by atoms with Gasteiger partial charge in [-0.1, -0.05) is 91.3 Å². The molecular formula is C31H34N2O2S. The number of aryl methyl sites for hydroxylation is 1.